The number of piperidine rings is 1. The lowest BCUT2D eigenvalue weighted by Gasteiger charge is -2.25. The van der Waals surface area contributed by atoms with Gasteiger partial charge in [-0.25, -0.2) is 0 Å². The zero-order chi connectivity index (χ0) is 13.5. The van der Waals surface area contributed by atoms with Gasteiger partial charge in [-0.2, -0.15) is 0 Å². The number of nitrogens with one attached hydrogen (secondary N) is 2. The van der Waals surface area contributed by atoms with Crippen molar-refractivity contribution in [3.8, 4) is 0 Å². The number of amides is 1. The largest absolute Gasteiger partial charge is 0.364 e. The number of hydrogen-bond acceptors (Lipinski definition) is 3. The second kappa shape index (κ2) is 7.26. The maximum Gasteiger partial charge on any atom is 0.249 e. The minimum atomic E-state index is -0.415. The Kier molecular flexibility index (Phi) is 5.36. The van der Waals surface area contributed by atoms with Gasteiger partial charge >= 0.3 is 0 Å². The molecular weight excluding hydrogens is 240 g/mol. The molecule has 0 radical (unpaired) electrons. The minimum Gasteiger partial charge on any atom is -0.364 e. The monoisotopic (exact) mass is 262 g/mol. The van der Waals surface area contributed by atoms with Gasteiger partial charge in [0.15, 0.2) is 0 Å². The highest BCUT2D eigenvalue weighted by Gasteiger charge is 2.19. The first-order chi connectivity index (χ1) is 9.25. The Morgan fingerprint density at radius 3 is 2.95 bits per heavy atom. The van der Waals surface area contributed by atoms with Crippen molar-refractivity contribution in [3.05, 3.63) is 35.9 Å². The molecule has 1 heterocycles. The molecule has 0 aromatic heterocycles. The van der Waals surface area contributed by atoms with Crippen molar-refractivity contribution in [1.29, 1.82) is 0 Å². The van der Waals surface area contributed by atoms with Crippen LogP contribution >= 0.6 is 0 Å². The zero-order valence-electron chi connectivity index (χ0n) is 11.4. The molecule has 0 aliphatic carbocycles. The SMILES string of the molecule is CC(OCc1ccccc1)C(=O)N[C@H]1CCCNC1. The fraction of sp³-hybridized carbons (Fsp3) is 0.533. The summed E-state index contributed by atoms with van der Waals surface area (Å²) in [6.07, 6.45) is 1.75. The van der Waals surface area contributed by atoms with Crippen molar-refractivity contribution in [2.45, 2.75) is 38.5 Å². The standard InChI is InChI=1S/C15H22N2O2/c1-12(19-11-13-6-3-2-4-7-13)15(18)17-14-8-5-9-16-10-14/h2-4,6-7,12,14,16H,5,8-11H2,1H3,(H,17,18)/t12?,14-/m0/s1. The summed E-state index contributed by atoms with van der Waals surface area (Å²) in [6, 6.07) is 10.1. The number of rotatable bonds is 5. The summed E-state index contributed by atoms with van der Waals surface area (Å²) >= 11 is 0. The second-order valence-corrected chi connectivity index (χ2v) is 4.99. The third-order valence-electron chi connectivity index (χ3n) is 3.36. The van der Waals surface area contributed by atoms with Crippen LogP contribution < -0.4 is 10.6 Å². The lowest BCUT2D eigenvalue weighted by atomic mass is 10.1. The molecule has 1 fully saturated rings. The fourth-order valence-electron chi connectivity index (χ4n) is 2.16. The Morgan fingerprint density at radius 1 is 1.47 bits per heavy atom. The van der Waals surface area contributed by atoms with Crippen molar-refractivity contribution in [3.63, 3.8) is 0 Å². The predicted octanol–water partition coefficient (Wildman–Crippen LogP) is 1.46. The van der Waals surface area contributed by atoms with E-state index in [2.05, 4.69) is 10.6 Å². The predicted molar refractivity (Wildman–Crippen MR) is 74.7 cm³/mol. The molecular formula is C15H22N2O2. The molecule has 1 aromatic carbocycles. The molecule has 2 rings (SSSR count). The van der Waals surface area contributed by atoms with Crippen LogP contribution in [-0.4, -0.2) is 31.1 Å². The maximum absolute atomic E-state index is 12.0. The lowest BCUT2D eigenvalue weighted by molar-refractivity contribution is -0.133. The summed E-state index contributed by atoms with van der Waals surface area (Å²) in [7, 11) is 0. The first-order valence-corrected chi connectivity index (χ1v) is 6.92. The van der Waals surface area contributed by atoms with Crippen LogP contribution in [0, 0.1) is 0 Å². The van der Waals surface area contributed by atoms with Gasteiger partial charge < -0.3 is 15.4 Å². The lowest BCUT2D eigenvalue weighted by Crippen LogP contribution is -2.48. The van der Waals surface area contributed by atoms with E-state index >= 15 is 0 Å². The van der Waals surface area contributed by atoms with Crippen LogP contribution in [0.1, 0.15) is 25.3 Å². The van der Waals surface area contributed by atoms with Crippen LogP contribution in [0.3, 0.4) is 0 Å². The normalized spacial score (nSPS) is 20.8. The number of ether oxygens (including phenoxy) is 1. The molecule has 0 spiro atoms. The molecule has 0 bridgehead atoms. The van der Waals surface area contributed by atoms with Gasteiger partial charge in [0.05, 0.1) is 6.61 Å². The van der Waals surface area contributed by atoms with Gasteiger partial charge in [0.1, 0.15) is 6.10 Å². The van der Waals surface area contributed by atoms with Gasteiger partial charge in [-0.05, 0) is 31.9 Å². The number of carbonyl (C=O) groups is 1. The van der Waals surface area contributed by atoms with Crippen molar-refractivity contribution < 1.29 is 9.53 Å². The van der Waals surface area contributed by atoms with Crippen LogP contribution in [0.15, 0.2) is 30.3 Å². The zero-order valence-corrected chi connectivity index (χ0v) is 11.4. The van der Waals surface area contributed by atoms with Gasteiger partial charge in [-0.3, -0.25) is 4.79 Å². The van der Waals surface area contributed by atoms with E-state index in [9.17, 15) is 4.79 Å². The van der Waals surface area contributed by atoms with Crippen LogP contribution in [0.5, 0.6) is 0 Å². The van der Waals surface area contributed by atoms with Crippen LogP contribution in [0.2, 0.25) is 0 Å². The van der Waals surface area contributed by atoms with Crippen molar-refractivity contribution in [1.82, 2.24) is 10.6 Å². The average Bonchev–Trinajstić information content (AvgIpc) is 2.47. The molecule has 1 aromatic rings. The Labute approximate surface area is 114 Å². The topological polar surface area (TPSA) is 50.4 Å². The van der Waals surface area contributed by atoms with Crippen LogP contribution in [0.4, 0.5) is 0 Å². The number of hydrogen-bond donors (Lipinski definition) is 2. The minimum absolute atomic E-state index is 0.0235. The van der Waals surface area contributed by atoms with E-state index in [0.29, 0.717) is 6.61 Å². The van der Waals surface area contributed by atoms with Crippen LogP contribution in [0.25, 0.3) is 0 Å². The molecule has 1 amide bonds. The van der Waals surface area contributed by atoms with E-state index in [1.807, 2.05) is 30.3 Å². The molecule has 2 atom stereocenters. The molecule has 4 nitrogen and oxygen atoms in total. The van der Waals surface area contributed by atoms with Gasteiger partial charge in [-0.15, -0.1) is 0 Å². The highest BCUT2D eigenvalue weighted by atomic mass is 16.5. The summed E-state index contributed by atoms with van der Waals surface area (Å²) in [5.41, 5.74) is 1.08. The highest BCUT2D eigenvalue weighted by Crippen LogP contribution is 2.05. The fourth-order valence-corrected chi connectivity index (χ4v) is 2.16. The number of benzene rings is 1. The average molecular weight is 262 g/mol. The summed E-state index contributed by atoms with van der Waals surface area (Å²) < 4.78 is 5.60. The van der Waals surface area contributed by atoms with Crippen LogP contribution in [-0.2, 0) is 16.1 Å². The molecule has 1 unspecified atom stereocenters. The molecule has 1 saturated heterocycles. The Morgan fingerprint density at radius 2 is 2.26 bits per heavy atom. The second-order valence-electron chi connectivity index (χ2n) is 4.99. The quantitative estimate of drug-likeness (QED) is 0.844. The maximum atomic E-state index is 12.0. The number of carbonyl (C=O) groups excluding carboxylic acids is 1. The van der Waals surface area contributed by atoms with E-state index < -0.39 is 6.10 Å². The summed E-state index contributed by atoms with van der Waals surface area (Å²) in [4.78, 5) is 12.0. The smallest absolute Gasteiger partial charge is 0.249 e. The third kappa shape index (κ3) is 4.65. The first-order valence-electron chi connectivity index (χ1n) is 6.92. The molecule has 1 aliphatic rings. The summed E-state index contributed by atoms with van der Waals surface area (Å²) in [5.74, 6) is -0.0235. The Bertz CT molecular complexity index is 388. The van der Waals surface area contributed by atoms with Gasteiger partial charge in [-0.1, -0.05) is 30.3 Å². The van der Waals surface area contributed by atoms with Crippen molar-refractivity contribution in [2.75, 3.05) is 13.1 Å². The highest BCUT2D eigenvalue weighted by molar-refractivity contribution is 5.80. The van der Waals surface area contributed by atoms with E-state index in [0.717, 1.165) is 31.5 Å². The van der Waals surface area contributed by atoms with Gasteiger partial charge in [0, 0.05) is 12.6 Å². The van der Waals surface area contributed by atoms with E-state index in [1.54, 1.807) is 6.92 Å². The molecule has 19 heavy (non-hydrogen) atoms. The molecule has 104 valence electrons. The van der Waals surface area contributed by atoms with E-state index in [-0.39, 0.29) is 11.9 Å². The Hall–Kier alpha value is -1.39. The van der Waals surface area contributed by atoms with Crippen molar-refractivity contribution >= 4 is 5.91 Å². The Balaban J connectivity index is 1.72. The summed E-state index contributed by atoms with van der Waals surface area (Å²) in [5, 5.41) is 6.31. The summed E-state index contributed by atoms with van der Waals surface area (Å²) in [6.45, 7) is 4.18. The van der Waals surface area contributed by atoms with E-state index in [1.165, 1.54) is 0 Å². The molecule has 2 N–H and O–H groups in total. The molecule has 1 aliphatic heterocycles. The van der Waals surface area contributed by atoms with Crippen molar-refractivity contribution in [2.24, 2.45) is 0 Å². The molecule has 4 heteroatoms. The van der Waals surface area contributed by atoms with E-state index in [4.69, 9.17) is 4.74 Å². The van der Waals surface area contributed by atoms with Gasteiger partial charge in [0.25, 0.3) is 0 Å². The molecule has 0 saturated carbocycles. The third-order valence-corrected chi connectivity index (χ3v) is 3.36. The first kappa shape index (κ1) is 14.0. The van der Waals surface area contributed by atoms with Gasteiger partial charge in [0.2, 0.25) is 5.91 Å².